The number of carbonyl (C=O) groups excluding carboxylic acids is 1. The molecule has 3 aromatic rings. The fourth-order valence-electron chi connectivity index (χ4n) is 5.84. The number of hydrogen-bond donors (Lipinski definition) is 1. The van der Waals surface area contributed by atoms with Crippen molar-refractivity contribution in [2.45, 2.75) is 48.5 Å². The first-order valence-electron chi connectivity index (χ1n) is 13.4. The Bertz CT molecular complexity index is 1340. The molecule has 3 aliphatic rings. The van der Waals surface area contributed by atoms with E-state index in [0.717, 1.165) is 24.1 Å². The van der Waals surface area contributed by atoms with Crippen LogP contribution in [-0.4, -0.2) is 58.4 Å². The number of fused-ring (bicyclic) bond motifs is 1. The number of ether oxygens (including phenoxy) is 1. The smallest absolute Gasteiger partial charge is 0.227 e. The highest BCUT2D eigenvalue weighted by Gasteiger charge is 2.44. The average molecular weight is 553 g/mol. The summed E-state index contributed by atoms with van der Waals surface area (Å²) in [5, 5.41) is 3.51. The summed E-state index contributed by atoms with van der Waals surface area (Å²) < 4.78 is 45.6. The highest BCUT2D eigenvalue weighted by molar-refractivity contribution is 7.91. The Morgan fingerprint density at radius 3 is 2.31 bits per heavy atom. The third-order valence-corrected chi connectivity index (χ3v) is 9.53. The van der Waals surface area contributed by atoms with Crippen molar-refractivity contribution >= 4 is 28.7 Å². The highest BCUT2D eigenvalue weighted by Crippen LogP contribution is 2.41. The zero-order chi connectivity index (χ0) is 27.0. The van der Waals surface area contributed by atoms with Gasteiger partial charge in [-0.15, -0.1) is 0 Å². The summed E-state index contributed by atoms with van der Waals surface area (Å²) in [6, 6.07) is 11.9. The van der Waals surface area contributed by atoms with Gasteiger partial charge in [0.2, 0.25) is 10.8 Å². The predicted octanol–water partition coefficient (Wildman–Crippen LogP) is 4.43. The Kier molecular flexibility index (Phi) is 7.26. The summed E-state index contributed by atoms with van der Waals surface area (Å²) >= 11 is -1.13. The van der Waals surface area contributed by atoms with Gasteiger partial charge in [-0.25, -0.2) is 13.8 Å². The molecule has 0 amide bonds. The summed E-state index contributed by atoms with van der Waals surface area (Å²) in [6.07, 6.45) is 3.27. The molecule has 0 aliphatic carbocycles. The fraction of sp³-hybridized carbons (Fsp3) is 0.414. The molecule has 7 nitrogen and oxygen atoms in total. The minimum Gasteiger partial charge on any atom is -0.611 e. The molecule has 0 radical (unpaired) electrons. The van der Waals surface area contributed by atoms with Gasteiger partial charge in [-0.1, -0.05) is 12.1 Å². The number of nitrogens with one attached hydrogen (secondary N) is 1. The number of aromatic nitrogens is 2. The van der Waals surface area contributed by atoms with Crippen LogP contribution in [0.5, 0.6) is 0 Å². The molecule has 0 saturated carbocycles. The van der Waals surface area contributed by atoms with Gasteiger partial charge in [0.1, 0.15) is 23.1 Å². The van der Waals surface area contributed by atoms with Crippen molar-refractivity contribution < 1.29 is 22.9 Å². The number of carbonyl (C=O) groups is 1. The van der Waals surface area contributed by atoms with Crippen LogP contribution in [0, 0.1) is 11.6 Å². The quantitative estimate of drug-likeness (QED) is 0.357. The number of aryl methyl sites for hydroxylation is 1. The van der Waals surface area contributed by atoms with Crippen LogP contribution in [0.15, 0.2) is 53.4 Å². The SMILES string of the molecule is O=C(c1ccc(F)cc1)C1(c2ccc(F)cc2)CCN(c2nc3c(c(NC4CCOCC4)n2)[S+]([O-])CC3)CC1. The van der Waals surface area contributed by atoms with E-state index in [1.807, 2.05) is 0 Å². The van der Waals surface area contributed by atoms with E-state index in [2.05, 4.69) is 10.2 Å². The lowest BCUT2D eigenvalue weighted by molar-refractivity contribution is 0.0854. The van der Waals surface area contributed by atoms with Crippen molar-refractivity contribution in [3.8, 4) is 0 Å². The third-order valence-electron chi connectivity index (χ3n) is 8.08. The van der Waals surface area contributed by atoms with Crippen LogP contribution in [0.4, 0.5) is 20.5 Å². The summed E-state index contributed by atoms with van der Waals surface area (Å²) in [4.78, 5) is 26.3. The Morgan fingerprint density at radius 2 is 1.64 bits per heavy atom. The number of nitrogens with zero attached hydrogens (tertiary/aromatic N) is 3. The maximum Gasteiger partial charge on any atom is 0.227 e. The third kappa shape index (κ3) is 5.13. The molecule has 39 heavy (non-hydrogen) atoms. The van der Waals surface area contributed by atoms with Crippen molar-refractivity contribution in [3.05, 3.63) is 77.0 Å². The van der Waals surface area contributed by atoms with Crippen molar-refractivity contribution in [3.63, 3.8) is 0 Å². The monoisotopic (exact) mass is 552 g/mol. The van der Waals surface area contributed by atoms with Crippen LogP contribution in [0.25, 0.3) is 0 Å². The lowest BCUT2D eigenvalue weighted by Crippen LogP contribution is -2.48. The zero-order valence-electron chi connectivity index (χ0n) is 21.5. The zero-order valence-corrected chi connectivity index (χ0v) is 22.3. The van der Waals surface area contributed by atoms with Gasteiger partial charge < -0.3 is 19.5 Å². The van der Waals surface area contributed by atoms with Gasteiger partial charge in [0.05, 0.1) is 5.41 Å². The maximum atomic E-state index is 13.9. The molecule has 3 aliphatic heterocycles. The second kappa shape index (κ2) is 10.8. The molecule has 204 valence electrons. The van der Waals surface area contributed by atoms with E-state index in [9.17, 15) is 18.1 Å². The summed E-state index contributed by atoms with van der Waals surface area (Å²) in [7, 11) is 0. The highest BCUT2D eigenvalue weighted by atomic mass is 32.2. The summed E-state index contributed by atoms with van der Waals surface area (Å²) in [5.74, 6) is 0.849. The minimum absolute atomic E-state index is 0.110. The second-order valence-electron chi connectivity index (χ2n) is 10.4. The molecule has 1 N–H and O–H groups in total. The fourth-order valence-corrected chi connectivity index (χ4v) is 7.15. The van der Waals surface area contributed by atoms with Gasteiger partial charge in [0.25, 0.3) is 0 Å². The van der Waals surface area contributed by atoms with Gasteiger partial charge in [0.15, 0.2) is 11.6 Å². The average Bonchev–Trinajstić information content (AvgIpc) is 3.35. The number of anilines is 2. The van der Waals surface area contributed by atoms with E-state index in [1.54, 1.807) is 12.1 Å². The molecule has 2 aromatic carbocycles. The number of benzene rings is 2. The molecule has 0 bridgehead atoms. The van der Waals surface area contributed by atoms with Gasteiger partial charge >= 0.3 is 0 Å². The molecule has 1 unspecified atom stereocenters. The topological polar surface area (TPSA) is 90.4 Å². The second-order valence-corrected chi connectivity index (χ2v) is 11.9. The Hall–Kier alpha value is -3.08. The van der Waals surface area contributed by atoms with E-state index in [0.29, 0.717) is 73.5 Å². The Balaban J connectivity index is 1.29. The van der Waals surface area contributed by atoms with E-state index < -0.39 is 22.4 Å². The molecule has 6 rings (SSSR count). The first-order chi connectivity index (χ1) is 18.9. The molecule has 10 heteroatoms. The van der Waals surface area contributed by atoms with Gasteiger partial charge in [0, 0.05) is 44.3 Å². The number of Topliss-reactive ketones (excluding diaryl/α,β-unsaturated/α-hetero) is 1. The van der Waals surface area contributed by atoms with Crippen LogP contribution in [-0.2, 0) is 27.7 Å². The van der Waals surface area contributed by atoms with Crippen LogP contribution < -0.4 is 10.2 Å². The molecular weight excluding hydrogens is 522 g/mol. The molecule has 2 fully saturated rings. The largest absolute Gasteiger partial charge is 0.611 e. The first-order valence-corrected chi connectivity index (χ1v) is 14.7. The molecular formula is C29H30F2N4O3S. The molecule has 0 spiro atoms. The van der Waals surface area contributed by atoms with Crippen molar-refractivity contribution in [2.75, 3.05) is 42.3 Å². The van der Waals surface area contributed by atoms with Gasteiger partial charge in [-0.3, -0.25) is 4.79 Å². The van der Waals surface area contributed by atoms with E-state index in [-0.39, 0.29) is 17.6 Å². The predicted molar refractivity (Wildman–Crippen MR) is 145 cm³/mol. The minimum atomic E-state index is -1.13. The lowest BCUT2D eigenvalue weighted by Gasteiger charge is -2.41. The van der Waals surface area contributed by atoms with Crippen molar-refractivity contribution in [2.24, 2.45) is 0 Å². The number of ketones is 1. The normalized spacial score (nSPS) is 21.0. The van der Waals surface area contributed by atoms with Crippen molar-refractivity contribution in [1.82, 2.24) is 9.97 Å². The number of halogens is 2. The van der Waals surface area contributed by atoms with Gasteiger partial charge in [-0.05, 0) is 78.8 Å². The summed E-state index contributed by atoms with van der Waals surface area (Å²) in [6.45, 7) is 2.37. The number of rotatable bonds is 6. The van der Waals surface area contributed by atoms with E-state index in [1.165, 1.54) is 36.4 Å². The van der Waals surface area contributed by atoms with E-state index in [4.69, 9.17) is 14.7 Å². The van der Waals surface area contributed by atoms with E-state index >= 15 is 0 Å². The maximum absolute atomic E-state index is 13.9. The Labute approximate surface area is 229 Å². The lowest BCUT2D eigenvalue weighted by atomic mass is 9.68. The first kappa shape index (κ1) is 26.2. The molecule has 1 atom stereocenters. The molecule has 2 saturated heterocycles. The molecule has 1 aromatic heterocycles. The van der Waals surface area contributed by atoms with Crippen LogP contribution >= 0.6 is 0 Å². The standard InChI is InChI=1S/C29H30F2N4O3S/c30-21-5-1-19(2-6-21)26(36)29(20-3-7-22(31)8-4-20)12-14-35(15-13-29)28-33-24-11-18-39(37)25(24)27(34-28)32-23-9-16-38-17-10-23/h1-8,23H,9-18H2,(H,32,33,34). The van der Waals surface area contributed by atoms with Crippen LogP contribution in [0.1, 0.15) is 47.3 Å². The number of hydrogen-bond acceptors (Lipinski definition) is 7. The van der Waals surface area contributed by atoms with Crippen LogP contribution in [0.3, 0.4) is 0 Å². The number of piperidine rings is 1. The Morgan fingerprint density at radius 1 is 1.00 bits per heavy atom. The summed E-state index contributed by atoms with van der Waals surface area (Å²) in [5.41, 5.74) is 1.09. The molecule has 4 heterocycles. The van der Waals surface area contributed by atoms with Crippen molar-refractivity contribution in [1.29, 1.82) is 0 Å². The van der Waals surface area contributed by atoms with Gasteiger partial charge in [-0.2, -0.15) is 4.98 Å². The van der Waals surface area contributed by atoms with Crippen LogP contribution in [0.2, 0.25) is 0 Å².